The number of hydrogen-bond donors (Lipinski definition) is 1. The van der Waals surface area contributed by atoms with E-state index in [0.717, 1.165) is 24.8 Å². The molecule has 0 heterocycles. The van der Waals surface area contributed by atoms with Crippen LogP contribution in [0.25, 0.3) is 0 Å². The molecule has 0 saturated heterocycles. The molecule has 3 nitrogen and oxygen atoms in total. The highest BCUT2D eigenvalue weighted by Crippen LogP contribution is 2.29. The molecule has 1 rings (SSSR count). The molecule has 1 saturated carbocycles. The zero-order valence-corrected chi connectivity index (χ0v) is 12.2. The van der Waals surface area contributed by atoms with E-state index in [9.17, 15) is 4.79 Å². The number of nitrogens with one attached hydrogen (secondary N) is 1. The van der Waals surface area contributed by atoms with Crippen molar-refractivity contribution in [2.75, 3.05) is 13.2 Å². The summed E-state index contributed by atoms with van der Waals surface area (Å²) in [5, 5.41) is 3.34. The highest BCUT2D eigenvalue weighted by Gasteiger charge is 2.20. The predicted octanol–water partition coefficient (Wildman–Crippen LogP) is 3.13. The molecule has 1 atom stereocenters. The Bertz CT molecular complexity index is 235. The van der Waals surface area contributed by atoms with Crippen molar-refractivity contribution in [3.05, 3.63) is 0 Å². The predicted molar refractivity (Wildman–Crippen MR) is 74.5 cm³/mol. The summed E-state index contributed by atoms with van der Waals surface area (Å²) in [4.78, 5) is 11.6. The van der Waals surface area contributed by atoms with Crippen LogP contribution in [0, 0.1) is 11.8 Å². The largest absolute Gasteiger partial charge is 0.465 e. The third-order valence-electron chi connectivity index (χ3n) is 4.06. The minimum Gasteiger partial charge on any atom is -0.465 e. The molecule has 18 heavy (non-hydrogen) atoms. The Morgan fingerprint density at radius 2 is 1.94 bits per heavy atom. The van der Waals surface area contributed by atoms with Gasteiger partial charge in [0, 0.05) is 0 Å². The van der Waals surface area contributed by atoms with Crippen molar-refractivity contribution in [1.82, 2.24) is 5.32 Å². The van der Waals surface area contributed by atoms with Crippen LogP contribution in [0.15, 0.2) is 0 Å². The summed E-state index contributed by atoms with van der Waals surface area (Å²) in [5.41, 5.74) is 0. The zero-order chi connectivity index (χ0) is 13.4. The maximum atomic E-state index is 11.6. The molecule has 0 aliphatic heterocycles. The summed E-state index contributed by atoms with van der Waals surface area (Å²) in [6.45, 7) is 7.64. The van der Waals surface area contributed by atoms with Gasteiger partial charge in [0.05, 0.1) is 6.61 Å². The second-order valence-electron chi connectivity index (χ2n) is 5.58. The highest BCUT2D eigenvalue weighted by atomic mass is 16.5. The highest BCUT2D eigenvalue weighted by molar-refractivity contribution is 5.75. The second kappa shape index (κ2) is 8.52. The topological polar surface area (TPSA) is 38.3 Å². The van der Waals surface area contributed by atoms with E-state index in [0.29, 0.717) is 6.61 Å². The van der Waals surface area contributed by atoms with Gasteiger partial charge in [0.1, 0.15) is 6.04 Å². The van der Waals surface area contributed by atoms with Crippen molar-refractivity contribution in [2.45, 2.75) is 65.3 Å². The average Bonchev–Trinajstić information content (AvgIpc) is 2.37. The van der Waals surface area contributed by atoms with Gasteiger partial charge in [-0.25, -0.2) is 0 Å². The van der Waals surface area contributed by atoms with Crippen LogP contribution in [0.1, 0.15) is 59.3 Å². The number of hydrogen-bond acceptors (Lipinski definition) is 3. The summed E-state index contributed by atoms with van der Waals surface area (Å²) < 4.78 is 5.05. The summed E-state index contributed by atoms with van der Waals surface area (Å²) in [5.74, 6) is 1.67. The Hall–Kier alpha value is -0.570. The fourth-order valence-corrected chi connectivity index (χ4v) is 2.72. The first kappa shape index (κ1) is 15.5. The van der Waals surface area contributed by atoms with E-state index in [1.807, 2.05) is 13.8 Å². The zero-order valence-electron chi connectivity index (χ0n) is 12.2. The van der Waals surface area contributed by atoms with Crippen molar-refractivity contribution in [2.24, 2.45) is 11.8 Å². The quantitative estimate of drug-likeness (QED) is 0.710. The molecule has 106 valence electrons. The van der Waals surface area contributed by atoms with E-state index in [1.54, 1.807) is 0 Å². The smallest absolute Gasteiger partial charge is 0.323 e. The van der Waals surface area contributed by atoms with E-state index in [1.165, 1.54) is 32.1 Å². The van der Waals surface area contributed by atoms with E-state index < -0.39 is 0 Å². The van der Waals surface area contributed by atoms with Gasteiger partial charge >= 0.3 is 5.97 Å². The van der Waals surface area contributed by atoms with Gasteiger partial charge in [0.15, 0.2) is 0 Å². The van der Waals surface area contributed by atoms with Crippen LogP contribution in [0.3, 0.4) is 0 Å². The third-order valence-corrected chi connectivity index (χ3v) is 4.06. The summed E-state index contributed by atoms with van der Waals surface area (Å²) >= 11 is 0. The Morgan fingerprint density at radius 3 is 2.50 bits per heavy atom. The van der Waals surface area contributed by atoms with Crippen molar-refractivity contribution in [3.8, 4) is 0 Å². The monoisotopic (exact) mass is 255 g/mol. The third kappa shape index (κ3) is 5.38. The van der Waals surface area contributed by atoms with Gasteiger partial charge in [-0.05, 0) is 38.1 Å². The first-order valence-electron chi connectivity index (χ1n) is 7.57. The van der Waals surface area contributed by atoms with Crippen LogP contribution < -0.4 is 5.32 Å². The first-order chi connectivity index (χ1) is 8.67. The molecule has 3 heteroatoms. The lowest BCUT2D eigenvalue weighted by molar-refractivity contribution is -0.145. The fraction of sp³-hybridized carbons (Fsp3) is 0.933. The fourth-order valence-electron chi connectivity index (χ4n) is 2.72. The van der Waals surface area contributed by atoms with Gasteiger partial charge in [-0.1, -0.05) is 39.5 Å². The number of rotatable bonds is 7. The number of carbonyl (C=O) groups is 1. The molecule has 1 aliphatic carbocycles. The van der Waals surface area contributed by atoms with Gasteiger partial charge in [0.2, 0.25) is 0 Å². The molecule has 1 aliphatic rings. The molecule has 0 aromatic rings. The van der Waals surface area contributed by atoms with Crippen LogP contribution in [0.4, 0.5) is 0 Å². The molecule has 0 bridgehead atoms. The van der Waals surface area contributed by atoms with Crippen molar-refractivity contribution in [1.29, 1.82) is 0 Å². The maximum Gasteiger partial charge on any atom is 0.323 e. The lowest BCUT2D eigenvalue weighted by Gasteiger charge is -2.26. The van der Waals surface area contributed by atoms with Crippen LogP contribution in [-0.4, -0.2) is 25.2 Å². The van der Waals surface area contributed by atoms with Gasteiger partial charge in [-0.3, -0.25) is 4.79 Å². The summed E-state index contributed by atoms with van der Waals surface area (Å²) in [6, 6.07) is -0.118. The minimum absolute atomic E-state index is 0.0998. The van der Waals surface area contributed by atoms with Crippen molar-refractivity contribution >= 4 is 5.97 Å². The van der Waals surface area contributed by atoms with Crippen molar-refractivity contribution in [3.63, 3.8) is 0 Å². The number of carbonyl (C=O) groups excluding carboxylic acids is 1. The normalized spacial score (nSPS) is 25.7. The maximum absolute atomic E-state index is 11.6. The van der Waals surface area contributed by atoms with E-state index in [2.05, 4.69) is 12.2 Å². The second-order valence-corrected chi connectivity index (χ2v) is 5.58. The molecular weight excluding hydrogens is 226 g/mol. The van der Waals surface area contributed by atoms with Crippen LogP contribution in [-0.2, 0) is 9.53 Å². The van der Waals surface area contributed by atoms with E-state index >= 15 is 0 Å². The van der Waals surface area contributed by atoms with E-state index in [4.69, 9.17) is 4.74 Å². The summed E-state index contributed by atoms with van der Waals surface area (Å²) in [6.07, 6.45) is 7.47. The van der Waals surface area contributed by atoms with Gasteiger partial charge in [-0.2, -0.15) is 0 Å². The lowest BCUT2D eigenvalue weighted by atomic mass is 9.81. The lowest BCUT2D eigenvalue weighted by Crippen LogP contribution is -2.38. The van der Waals surface area contributed by atoms with Gasteiger partial charge in [0.25, 0.3) is 0 Å². The molecule has 1 N–H and O–H groups in total. The molecule has 1 fully saturated rings. The van der Waals surface area contributed by atoms with Crippen LogP contribution in [0.5, 0.6) is 0 Å². The Balaban J connectivity index is 2.17. The molecule has 1 unspecified atom stereocenters. The Kier molecular flexibility index (Phi) is 7.33. The minimum atomic E-state index is -0.118. The van der Waals surface area contributed by atoms with E-state index in [-0.39, 0.29) is 12.0 Å². The number of esters is 1. The Morgan fingerprint density at radius 1 is 1.28 bits per heavy atom. The summed E-state index contributed by atoms with van der Waals surface area (Å²) in [7, 11) is 0. The molecular formula is C15H29NO2. The SMILES string of the molecule is CCOC(=O)C(CC)NCCC1CCC(C)CC1. The van der Waals surface area contributed by atoms with Gasteiger partial charge < -0.3 is 10.1 Å². The van der Waals surface area contributed by atoms with Crippen LogP contribution in [0.2, 0.25) is 0 Å². The standard InChI is InChI=1S/C15H29NO2/c1-4-14(15(17)18-5-2)16-11-10-13-8-6-12(3)7-9-13/h12-14,16H,4-11H2,1-3H3. The number of ether oxygens (including phenoxy) is 1. The molecule has 0 aromatic carbocycles. The molecule has 0 aromatic heterocycles. The average molecular weight is 255 g/mol. The molecule has 0 radical (unpaired) electrons. The first-order valence-corrected chi connectivity index (χ1v) is 7.57. The van der Waals surface area contributed by atoms with Crippen molar-refractivity contribution < 1.29 is 9.53 Å². The van der Waals surface area contributed by atoms with Gasteiger partial charge in [-0.15, -0.1) is 0 Å². The Labute approximate surface area is 112 Å². The molecule has 0 spiro atoms. The molecule has 0 amide bonds. The van der Waals surface area contributed by atoms with Crippen LogP contribution >= 0.6 is 0 Å².